The second-order valence-corrected chi connectivity index (χ2v) is 5.09. The van der Waals surface area contributed by atoms with E-state index < -0.39 is 0 Å². The SMILES string of the molecule is Cc1cccc(CC2CCC(Cl)C2)c1. The Labute approximate surface area is 91.3 Å². The van der Waals surface area contributed by atoms with Crippen molar-refractivity contribution in [3.05, 3.63) is 35.4 Å². The molecule has 0 aliphatic heterocycles. The summed E-state index contributed by atoms with van der Waals surface area (Å²) in [5, 5.41) is 0.435. The van der Waals surface area contributed by atoms with E-state index in [1.807, 2.05) is 0 Å². The van der Waals surface area contributed by atoms with Gasteiger partial charge in [-0.1, -0.05) is 29.8 Å². The molecule has 2 unspecified atom stereocenters. The molecule has 0 amide bonds. The lowest BCUT2D eigenvalue weighted by atomic mass is 9.97. The zero-order valence-electron chi connectivity index (χ0n) is 8.67. The van der Waals surface area contributed by atoms with Crippen molar-refractivity contribution in [3.63, 3.8) is 0 Å². The summed E-state index contributed by atoms with van der Waals surface area (Å²) in [6, 6.07) is 8.83. The van der Waals surface area contributed by atoms with Crippen LogP contribution < -0.4 is 0 Å². The van der Waals surface area contributed by atoms with Crippen molar-refractivity contribution in [2.75, 3.05) is 0 Å². The third kappa shape index (κ3) is 2.51. The van der Waals surface area contributed by atoms with E-state index in [-0.39, 0.29) is 0 Å². The van der Waals surface area contributed by atoms with Crippen molar-refractivity contribution in [3.8, 4) is 0 Å². The molecule has 0 N–H and O–H groups in total. The van der Waals surface area contributed by atoms with Gasteiger partial charge in [0.1, 0.15) is 0 Å². The number of benzene rings is 1. The topological polar surface area (TPSA) is 0 Å². The Morgan fingerprint density at radius 3 is 2.86 bits per heavy atom. The average Bonchev–Trinajstić information content (AvgIpc) is 2.51. The molecule has 2 rings (SSSR count). The van der Waals surface area contributed by atoms with E-state index in [1.54, 1.807) is 0 Å². The monoisotopic (exact) mass is 208 g/mol. The van der Waals surface area contributed by atoms with Gasteiger partial charge in [-0.2, -0.15) is 0 Å². The molecule has 0 radical (unpaired) electrons. The van der Waals surface area contributed by atoms with Crippen molar-refractivity contribution in [1.82, 2.24) is 0 Å². The van der Waals surface area contributed by atoms with Gasteiger partial charge in [0.15, 0.2) is 0 Å². The van der Waals surface area contributed by atoms with Crippen LogP contribution in [0.15, 0.2) is 24.3 Å². The predicted molar refractivity (Wildman–Crippen MR) is 61.9 cm³/mol. The third-order valence-electron chi connectivity index (χ3n) is 3.08. The molecule has 1 fully saturated rings. The fraction of sp³-hybridized carbons (Fsp3) is 0.538. The molecule has 14 heavy (non-hydrogen) atoms. The Balaban J connectivity index is 1.97. The normalized spacial score (nSPS) is 26.7. The van der Waals surface area contributed by atoms with Gasteiger partial charge in [0.25, 0.3) is 0 Å². The van der Waals surface area contributed by atoms with Crippen LogP contribution >= 0.6 is 11.6 Å². The van der Waals surface area contributed by atoms with Gasteiger partial charge in [-0.15, -0.1) is 11.6 Å². The lowest BCUT2D eigenvalue weighted by Gasteiger charge is -2.09. The maximum Gasteiger partial charge on any atom is 0.0338 e. The van der Waals surface area contributed by atoms with Crippen LogP contribution in [0.5, 0.6) is 0 Å². The number of hydrogen-bond donors (Lipinski definition) is 0. The summed E-state index contributed by atoms with van der Waals surface area (Å²) in [5.74, 6) is 0.819. The second-order valence-electron chi connectivity index (χ2n) is 4.47. The van der Waals surface area contributed by atoms with Crippen LogP contribution in [0.3, 0.4) is 0 Å². The molecule has 0 spiro atoms. The maximum atomic E-state index is 6.10. The Kier molecular flexibility index (Phi) is 3.12. The molecule has 0 saturated heterocycles. The van der Waals surface area contributed by atoms with Gasteiger partial charge in [0.05, 0.1) is 0 Å². The number of halogens is 1. The lowest BCUT2D eigenvalue weighted by molar-refractivity contribution is 0.547. The molecule has 0 aromatic heterocycles. The van der Waals surface area contributed by atoms with E-state index in [0.29, 0.717) is 5.38 Å². The molecule has 1 aromatic carbocycles. The molecule has 1 aliphatic carbocycles. The molecular weight excluding hydrogens is 192 g/mol. The second kappa shape index (κ2) is 4.35. The van der Waals surface area contributed by atoms with Crippen LogP contribution in [-0.2, 0) is 6.42 Å². The zero-order chi connectivity index (χ0) is 9.97. The van der Waals surface area contributed by atoms with Gasteiger partial charge < -0.3 is 0 Å². The molecule has 1 aromatic rings. The van der Waals surface area contributed by atoms with Crippen molar-refractivity contribution in [2.45, 2.75) is 38.0 Å². The fourth-order valence-corrected chi connectivity index (χ4v) is 2.75. The van der Waals surface area contributed by atoms with E-state index in [1.165, 1.54) is 36.8 Å². The first-order valence-corrected chi connectivity index (χ1v) is 5.87. The Hall–Kier alpha value is -0.490. The summed E-state index contributed by atoms with van der Waals surface area (Å²) in [5.41, 5.74) is 2.84. The molecule has 0 heterocycles. The van der Waals surface area contributed by atoms with E-state index in [0.717, 1.165) is 5.92 Å². The Bertz CT molecular complexity index is 306. The third-order valence-corrected chi connectivity index (χ3v) is 3.48. The number of hydrogen-bond acceptors (Lipinski definition) is 0. The quantitative estimate of drug-likeness (QED) is 0.646. The Morgan fingerprint density at radius 2 is 2.21 bits per heavy atom. The largest absolute Gasteiger partial charge is 0.123 e. The fourth-order valence-electron chi connectivity index (χ4n) is 2.37. The van der Waals surface area contributed by atoms with Crippen LogP contribution in [0.25, 0.3) is 0 Å². The summed E-state index contributed by atoms with van der Waals surface area (Å²) >= 11 is 6.10. The van der Waals surface area contributed by atoms with Crippen LogP contribution in [-0.4, -0.2) is 5.38 Å². The minimum atomic E-state index is 0.435. The molecule has 1 aliphatic rings. The molecule has 76 valence electrons. The summed E-state index contributed by atoms with van der Waals surface area (Å²) in [6.45, 7) is 2.16. The molecule has 0 bridgehead atoms. The molecule has 0 nitrogen and oxygen atoms in total. The number of aryl methyl sites for hydroxylation is 1. The van der Waals surface area contributed by atoms with Gasteiger partial charge in [0.2, 0.25) is 0 Å². The average molecular weight is 209 g/mol. The smallest absolute Gasteiger partial charge is 0.0338 e. The molecule has 1 heteroatoms. The highest BCUT2D eigenvalue weighted by atomic mass is 35.5. The first-order chi connectivity index (χ1) is 6.74. The maximum absolute atomic E-state index is 6.10. The zero-order valence-corrected chi connectivity index (χ0v) is 9.43. The van der Waals surface area contributed by atoms with Crippen molar-refractivity contribution in [2.24, 2.45) is 5.92 Å². The van der Waals surface area contributed by atoms with Crippen molar-refractivity contribution < 1.29 is 0 Å². The van der Waals surface area contributed by atoms with Gasteiger partial charge in [0, 0.05) is 5.38 Å². The van der Waals surface area contributed by atoms with Gasteiger partial charge in [-0.3, -0.25) is 0 Å². The standard InChI is InChI=1S/C13H17Cl/c1-10-3-2-4-11(7-10)8-12-5-6-13(14)9-12/h2-4,7,12-13H,5-6,8-9H2,1H3. The highest BCUT2D eigenvalue weighted by Crippen LogP contribution is 2.31. The van der Waals surface area contributed by atoms with Crippen LogP contribution in [0.2, 0.25) is 0 Å². The lowest BCUT2D eigenvalue weighted by Crippen LogP contribution is -2.00. The van der Waals surface area contributed by atoms with E-state index in [9.17, 15) is 0 Å². The number of alkyl halides is 1. The van der Waals surface area contributed by atoms with E-state index in [2.05, 4.69) is 31.2 Å². The summed E-state index contributed by atoms with van der Waals surface area (Å²) in [6.07, 6.45) is 4.93. The molecule has 1 saturated carbocycles. The highest BCUT2D eigenvalue weighted by molar-refractivity contribution is 6.20. The van der Waals surface area contributed by atoms with Gasteiger partial charge in [-0.25, -0.2) is 0 Å². The van der Waals surface area contributed by atoms with Crippen LogP contribution in [0.1, 0.15) is 30.4 Å². The summed E-state index contributed by atoms with van der Waals surface area (Å²) in [7, 11) is 0. The predicted octanol–water partition coefficient (Wildman–Crippen LogP) is 3.95. The van der Waals surface area contributed by atoms with Crippen LogP contribution in [0, 0.1) is 12.8 Å². The minimum absolute atomic E-state index is 0.435. The minimum Gasteiger partial charge on any atom is -0.123 e. The summed E-state index contributed by atoms with van der Waals surface area (Å²) in [4.78, 5) is 0. The van der Waals surface area contributed by atoms with Gasteiger partial charge >= 0.3 is 0 Å². The highest BCUT2D eigenvalue weighted by Gasteiger charge is 2.22. The van der Waals surface area contributed by atoms with Crippen LogP contribution in [0.4, 0.5) is 0 Å². The molecular formula is C13H17Cl. The first kappa shape index (κ1) is 10.0. The summed E-state index contributed by atoms with van der Waals surface area (Å²) < 4.78 is 0. The van der Waals surface area contributed by atoms with Crippen molar-refractivity contribution >= 4 is 11.6 Å². The van der Waals surface area contributed by atoms with E-state index in [4.69, 9.17) is 11.6 Å². The van der Waals surface area contributed by atoms with E-state index >= 15 is 0 Å². The Morgan fingerprint density at radius 1 is 1.36 bits per heavy atom. The number of rotatable bonds is 2. The van der Waals surface area contributed by atoms with Gasteiger partial charge in [-0.05, 0) is 44.1 Å². The van der Waals surface area contributed by atoms with Crippen molar-refractivity contribution in [1.29, 1.82) is 0 Å². The first-order valence-electron chi connectivity index (χ1n) is 5.43. The molecule has 2 atom stereocenters.